The number of hydrogen-bond donors (Lipinski definition) is 0. The SMILES string of the molecule is Cc1ccc(-c2cnc(CCC(=O)OCC(=O)N3CCN(c4ncccn4)CC3)o2)cc1. The van der Waals surface area contributed by atoms with Crippen molar-refractivity contribution in [1.29, 1.82) is 0 Å². The Kier molecular flexibility index (Phi) is 6.74. The Morgan fingerprint density at radius 3 is 2.47 bits per heavy atom. The van der Waals surface area contributed by atoms with E-state index in [-0.39, 0.29) is 18.9 Å². The molecule has 1 fully saturated rings. The van der Waals surface area contributed by atoms with Crippen LogP contribution in [0.15, 0.2) is 53.3 Å². The molecule has 1 aliphatic rings. The molecule has 9 heteroatoms. The van der Waals surface area contributed by atoms with Crippen LogP contribution in [0.3, 0.4) is 0 Å². The van der Waals surface area contributed by atoms with Crippen molar-refractivity contribution in [2.75, 3.05) is 37.7 Å². The van der Waals surface area contributed by atoms with Crippen molar-refractivity contribution in [2.45, 2.75) is 19.8 Å². The third-order valence-corrected chi connectivity index (χ3v) is 5.26. The summed E-state index contributed by atoms with van der Waals surface area (Å²) in [4.78, 5) is 40.8. The minimum absolute atomic E-state index is 0.0975. The number of amides is 1. The van der Waals surface area contributed by atoms with Crippen molar-refractivity contribution < 1.29 is 18.7 Å². The highest BCUT2D eigenvalue weighted by atomic mass is 16.5. The van der Waals surface area contributed by atoms with Crippen molar-refractivity contribution in [3.05, 3.63) is 60.4 Å². The summed E-state index contributed by atoms with van der Waals surface area (Å²) in [5, 5.41) is 0. The minimum Gasteiger partial charge on any atom is -0.456 e. The summed E-state index contributed by atoms with van der Waals surface area (Å²) in [7, 11) is 0. The van der Waals surface area contributed by atoms with Crippen molar-refractivity contribution >= 4 is 17.8 Å². The molecule has 0 aliphatic carbocycles. The van der Waals surface area contributed by atoms with Crippen LogP contribution in [0.2, 0.25) is 0 Å². The molecule has 0 unspecified atom stereocenters. The average molecular weight is 435 g/mol. The van der Waals surface area contributed by atoms with Gasteiger partial charge in [0.05, 0.1) is 12.6 Å². The van der Waals surface area contributed by atoms with Gasteiger partial charge in [0.1, 0.15) is 0 Å². The second-order valence-corrected chi connectivity index (χ2v) is 7.56. The monoisotopic (exact) mass is 435 g/mol. The maximum absolute atomic E-state index is 12.4. The van der Waals surface area contributed by atoms with E-state index in [4.69, 9.17) is 9.15 Å². The summed E-state index contributed by atoms with van der Waals surface area (Å²) in [6.07, 6.45) is 5.45. The molecule has 0 bridgehead atoms. The first kappa shape index (κ1) is 21.5. The molecular weight excluding hydrogens is 410 g/mol. The van der Waals surface area contributed by atoms with Gasteiger partial charge in [0.25, 0.3) is 5.91 Å². The fraction of sp³-hybridized carbons (Fsp3) is 0.348. The van der Waals surface area contributed by atoms with E-state index in [1.807, 2.05) is 36.1 Å². The van der Waals surface area contributed by atoms with Crippen LogP contribution in [0.1, 0.15) is 17.9 Å². The van der Waals surface area contributed by atoms with E-state index >= 15 is 0 Å². The van der Waals surface area contributed by atoms with Crippen LogP contribution >= 0.6 is 0 Å². The Balaban J connectivity index is 1.18. The average Bonchev–Trinajstić information content (AvgIpc) is 3.31. The van der Waals surface area contributed by atoms with Crippen LogP contribution in [-0.2, 0) is 20.7 Å². The molecule has 0 N–H and O–H groups in total. The van der Waals surface area contributed by atoms with Crippen LogP contribution < -0.4 is 4.90 Å². The van der Waals surface area contributed by atoms with Gasteiger partial charge in [-0.3, -0.25) is 9.59 Å². The third-order valence-electron chi connectivity index (χ3n) is 5.26. The van der Waals surface area contributed by atoms with Crippen molar-refractivity contribution in [3.63, 3.8) is 0 Å². The number of aryl methyl sites for hydroxylation is 2. The molecule has 3 aromatic rings. The number of piperazine rings is 1. The molecule has 0 atom stereocenters. The Labute approximate surface area is 186 Å². The predicted molar refractivity (Wildman–Crippen MR) is 117 cm³/mol. The van der Waals surface area contributed by atoms with Gasteiger partial charge in [0, 0.05) is 50.6 Å². The highest BCUT2D eigenvalue weighted by molar-refractivity contribution is 5.81. The smallest absolute Gasteiger partial charge is 0.306 e. The fourth-order valence-electron chi connectivity index (χ4n) is 3.40. The molecule has 1 aliphatic heterocycles. The number of hydrogen-bond acceptors (Lipinski definition) is 8. The predicted octanol–water partition coefficient (Wildman–Crippen LogP) is 2.26. The van der Waals surface area contributed by atoms with Crippen LogP contribution in [0.5, 0.6) is 0 Å². The Hall–Kier alpha value is -3.75. The summed E-state index contributed by atoms with van der Waals surface area (Å²) in [5.74, 6) is 1.12. The topological polar surface area (TPSA) is 102 Å². The number of carbonyl (C=O) groups is 2. The number of anilines is 1. The Bertz CT molecular complexity index is 1040. The molecule has 4 rings (SSSR count). The van der Waals surface area contributed by atoms with Gasteiger partial charge in [-0.05, 0) is 13.0 Å². The van der Waals surface area contributed by atoms with Crippen LogP contribution in [0, 0.1) is 6.92 Å². The molecule has 1 saturated heterocycles. The Morgan fingerprint density at radius 1 is 1.03 bits per heavy atom. The van der Waals surface area contributed by atoms with Gasteiger partial charge in [-0.1, -0.05) is 29.8 Å². The number of nitrogens with zero attached hydrogens (tertiary/aromatic N) is 5. The van der Waals surface area contributed by atoms with E-state index in [1.165, 1.54) is 0 Å². The first-order valence-electron chi connectivity index (χ1n) is 10.6. The molecule has 166 valence electrons. The lowest BCUT2D eigenvalue weighted by Gasteiger charge is -2.34. The number of benzene rings is 1. The lowest BCUT2D eigenvalue weighted by atomic mass is 10.1. The summed E-state index contributed by atoms with van der Waals surface area (Å²) < 4.78 is 10.9. The zero-order valence-electron chi connectivity index (χ0n) is 17.9. The normalized spacial score (nSPS) is 13.8. The maximum Gasteiger partial charge on any atom is 0.306 e. The zero-order chi connectivity index (χ0) is 22.3. The second-order valence-electron chi connectivity index (χ2n) is 7.56. The molecule has 1 aromatic carbocycles. The van der Waals surface area contributed by atoms with Gasteiger partial charge < -0.3 is 19.0 Å². The van der Waals surface area contributed by atoms with Crippen molar-refractivity contribution in [1.82, 2.24) is 19.9 Å². The summed E-state index contributed by atoms with van der Waals surface area (Å²) >= 11 is 0. The van der Waals surface area contributed by atoms with Gasteiger partial charge >= 0.3 is 5.97 Å². The van der Waals surface area contributed by atoms with E-state index in [1.54, 1.807) is 29.6 Å². The number of carbonyl (C=O) groups excluding carboxylic acids is 2. The number of oxazole rings is 1. The highest BCUT2D eigenvalue weighted by Gasteiger charge is 2.23. The van der Waals surface area contributed by atoms with Crippen LogP contribution in [0.25, 0.3) is 11.3 Å². The number of rotatable bonds is 7. The first-order valence-corrected chi connectivity index (χ1v) is 10.6. The quantitative estimate of drug-likeness (QED) is 0.521. The van der Waals surface area contributed by atoms with E-state index in [9.17, 15) is 9.59 Å². The number of ether oxygens (including phenoxy) is 1. The molecule has 0 radical (unpaired) electrons. The van der Waals surface area contributed by atoms with E-state index in [0.29, 0.717) is 50.2 Å². The molecule has 0 spiro atoms. The lowest BCUT2D eigenvalue weighted by molar-refractivity contribution is -0.152. The maximum atomic E-state index is 12.4. The third kappa shape index (κ3) is 5.48. The van der Waals surface area contributed by atoms with E-state index in [2.05, 4.69) is 15.0 Å². The highest BCUT2D eigenvalue weighted by Crippen LogP contribution is 2.21. The Morgan fingerprint density at radius 2 is 1.75 bits per heavy atom. The molecule has 0 saturated carbocycles. The van der Waals surface area contributed by atoms with Gasteiger partial charge in [-0.2, -0.15) is 0 Å². The number of esters is 1. The largest absolute Gasteiger partial charge is 0.456 e. The van der Waals surface area contributed by atoms with E-state index in [0.717, 1.165) is 11.1 Å². The van der Waals surface area contributed by atoms with Crippen LogP contribution in [-0.4, -0.2) is 64.5 Å². The minimum atomic E-state index is -0.454. The summed E-state index contributed by atoms with van der Waals surface area (Å²) in [6, 6.07) is 9.70. The zero-order valence-corrected chi connectivity index (χ0v) is 17.9. The van der Waals surface area contributed by atoms with Crippen molar-refractivity contribution in [3.8, 4) is 11.3 Å². The lowest BCUT2D eigenvalue weighted by Crippen LogP contribution is -2.50. The van der Waals surface area contributed by atoms with Gasteiger partial charge in [0.2, 0.25) is 5.95 Å². The summed E-state index contributed by atoms with van der Waals surface area (Å²) in [5.41, 5.74) is 2.10. The second kappa shape index (κ2) is 10.0. The first-order chi connectivity index (χ1) is 15.6. The molecule has 3 heterocycles. The fourth-order valence-corrected chi connectivity index (χ4v) is 3.40. The number of aromatic nitrogens is 3. The van der Waals surface area contributed by atoms with Gasteiger partial charge in [-0.15, -0.1) is 0 Å². The molecule has 32 heavy (non-hydrogen) atoms. The molecular formula is C23H25N5O4. The van der Waals surface area contributed by atoms with Crippen molar-refractivity contribution in [2.24, 2.45) is 0 Å². The van der Waals surface area contributed by atoms with Crippen LogP contribution in [0.4, 0.5) is 5.95 Å². The molecule has 2 aromatic heterocycles. The standard InChI is InChI=1S/C23H25N5O4/c1-17-3-5-18(6-4-17)19-15-26-20(32-19)7-8-22(30)31-16-21(29)27-11-13-28(14-12-27)23-24-9-2-10-25-23/h2-6,9-10,15H,7-8,11-14,16H2,1H3. The van der Waals surface area contributed by atoms with Gasteiger partial charge in [0.15, 0.2) is 18.3 Å². The summed E-state index contributed by atoms with van der Waals surface area (Å²) in [6.45, 7) is 4.10. The molecule has 1 amide bonds. The molecule has 9 nitrogen and oxygen atoms in total. The van der Waals surface area contributed by atoms with E-state index < -0.39 is 5.97 Å². The van der Waals surface area contributed by atoms with Gasteiger partial charge in [-0.25, -0.2) is 15.0 Å².